The first-order valence-corrected chi connectivity index (χ1v) is 8.01. The van der Waals surface area contributed by atoms with Gasteiger partial charge in [-0.2, -0.15) is 13.2 Å². The summed E-state index contributed by atoms with van der Waals surface area (Å²) in [6.45, 7) is 0. The summed E-state index contributed by atoms with van der Waals surface area (Å²) in [7, 11) is 2.89. The Kier molecular flexibility index (Phi) is 5.34. The molecular weight excluding hydrogens is 378 g/mol. The van der Waals surface area contributed by atoms with Gasteiger partial charge in [0.25, 0.3) is 0 Å². The number of benzene rings is 2. The fourth-order valence-electron chi connectivity index (χ4n) is 2.57. The SMILES string of the molecule is COc1ccc(-c2nc(Nc3ccccc3C(F)(F)F)ncc2F)cc1OC. The topological polar surface area (TPSA) is 56.3 Å². The molecule has 0 bridgehead atoms. The number of aromatic nitrogens is 2. The van der Waals surface area contributed by atoms with Crippen molar-refractivity contribution in [3.63, 3.8) is 0 Å². The summed E-state index contributed by atoms with van der Waals surface area (Å²) in [5, 5.41) is 2.50. The van der Waals surface area contributed by atoms with E-state index in [4.69, 9.17) is 9.47 Å². The van der Waals surface area contributed by atoms with Crippen molar-refractivity contribution in [2.24, 2.45) is 0 Å². The number of halogens is 4. The molecule has 146 valence electrons. The lowest BCUT2D eigenvalue weighted by atomic mass is 10.1. The fourth-order valence-corrected chi connectivity index (χ4v) is 2.57. The van der Waals surface area contributed by atoms with Crippen LogP contribution in [0.2, 0.25) is 0 Å². The summed E-state index contributed by atoms with van der Waals surface area (Å²) in [5.41, 5.74) is -0.858. The molecule has 0 fully saturated rings. The van der Waals surface area contributed by atoms with Gasteiger partial charge in [-0.15, -0.1) is 0 Å². The van der Waals surface area contributed by atoms with E-state index in [1.54, 1.807) is 12.1 Å². The molecule has 1 aromatic heterocycles. The maximum atomic E-state index is 14.3. The summed E-state index contributed by atoms with van der Waals surface area (Å²) in [4.78, 5) is 7.77. The Morgan fingerprint density at radius 1 is 0.964 bits per heavy atom. The lowest BCUT2D eigenvalue weighted by Gasteiger charge is -2.14. The first kappa shape index (κ1) is 19.4. The number of nitrogens with one attached hydrogen (secondary N) is 1. The molecule has 3 aromatic rings. The molecule has 0 amide bonds. The predicted molar refractivity (Wildman–Crippen MR) is 95.3 cm³/mol. The lowest BCUT2D eigenvalue weighted by Crippen LogP contribution is -2.10. The zero-order chi connectivity index (χ0) is 20.3. The van der Waals surface area contributed by atoms with Crippen LogP contribution < -0.4 is 14.8 Å². The van der Waals surface area contributed by atoms with Gasteiger partial charge in [-0.1, -0.05) is 12.1 Å². The van der Waals surface area contributed by atoms with Gasteiger partial charge in [-0.25, -0.2) is 14.4 Å². The number of ether oxygens (including phenoxy) is 2. The van der Waals surface area contributed by atoms with Crippen LogP contribution in [0.5, 0.6) is 11.5 Å². The molecule has 0 saturated carbocycles. The smallest absolute Gasteiger partial charge is 0.418 e. The zero-order valence-electron chi connectivity index (χ0n) is 14.8. The Morgan fingerprint density at radius 2 is 1.68 bits per heavy atom. The van der Waals surface area contributed by atoms with Crippen molar-refractivity contribution in [1.82, 2.24) is 9.97 Å². The predicted octanol–water partition coefficient (Wildman–Crippen LogP) is 5.06. The molecule has 0 spiro atoms. The molecule has 0 unspecified atom stereocenters. The summed E-state index contributed by atoms with van der Waals surface area (Å²) in [6, 6.07) is 9.53. The molecule has 2 aromatic carbocycles. The minimum absolute atomic E-state index is 0.0945. The van der Waals surface area contributed by atoms with Gasteiger partial charge in [0.05, 0.1) is 31.7 Å². The molecule has 1 N–H and O–H groups in total. The van der Waals surface area contributed by atoms with Crippen LogP contribution in [0.4, 0.5) is 29.2 Å². The van der Waals surface area contributed by atoms with Gasteiger partial charge in [-0.3, -0.25) is 0 Å². The highest BCUT2D eigenvalue weighted by Crippen LogP contribution is 2.36. The highest BCUT2D eigenvalue weighted by Gasteiger charge is 2.33. The number of hydrogen-bond donors (Lipinski definition) is 1. The summed E-state index contributed by atoms with van der Waals surface area (Å²) < 4.78 is 64.0. The van der Waals surface area contributed by atoms with Crippen LogP contribution >= 0.6 is 0 Å². The van der Waals surface area contributed by atoms with Gasteiger partial charge in [0.1, 0.15) is 5.69 Å². The van der Waals surface area contributed by atoms with Crippen LogP contribution in [-0.2, 0) is 6.18 Å². The van der Waals surface area contributed by atoms with Crippen molar-refractivity contribution in [2.45, 2.75) is 6.18 Å². The molecule has 0 saturated heterocycles. The third kappa shape index (κ3) is 3.98. The van der Waals surface area contributed by atoms with E-state index in [9.17, 15) is 17.6 Å². The highest BCUT2D eigenvalue weighted by atomic mass is 19.4. The quantitative estimate of drug-likeness (QED) is 0.614. The third-order valence-corrected chi connectivity index (χ3v) is 3.88. The minimum atomic E-state index is -4.56. The summed E-state index contributed by atoms with van der Waals surface area (Å²) in [6.07, 6.45) is -3.67. The molecule has 5 nitrogen and oxygen atoms in total. The minimum Gasteiger partial charge on any atom is -0.493 e. The van der Waals surface area contributed by atoms with Crippen LogP contribution in [0.3, 0.4) is 0 Å². The van der Waals surface area contributed by atoms with Gasteiger partial charge < -0.3 is 14.8 Å². The monoisotopic (exact) mass is 393 g/mol. The van der Waals surface area contributed by atoms with Crippen LogP contribution in [0.15, 0.2) is 48.7 Å². The van der Waals surface area contributed by atoms with E-state index in [2.05, 4.69) is 15.3 Å². The van der Waals surface area contributed by atoms with Gasteiger partial charge in [0.2, 0.25) is 5.95 Å². The Balaban J connectivity index is 2.00. The van der Waals surface area contributed by atoms with Gasteiger partial charge in [0.15, 0.2) is 17.3 Å². The van der Waals surface area contributed by atoms with E-state index in [1.807, 2.05) is 0 Å². The maximum Gasteiger partial charge on any atom is 0.418 e. The molecule has 28 heavy (non-hydrogen) atoms. The summed E-state index contributed by atoms with van der Waals surface area (Å²) >= 11 is 0. The van der Waals surface area contributed by atoms with E-state index in [0.717, 1.165) is 12.3 Å². The van der Waals surface area contributed by atoms with E-state index < -0.39 is 17.6 Å². The average molecular weight is 393 g/mol. The maximum absolute atomic E-state index is 14.3. The second-order valence-electron chi connectivity index (χ2n) is 5.63. The summed E-state index contributed by atoms with van der Waals surface area (Å²) in [5.74, 6) is -0.113. The number of para-hydroxylation sites is 1. The molecule has 0 radical (unpaired) electrons. The van der Waals surface area contributed by atoms with Crippen molar-refractivity contribution in [3.8, 4) is 22.8 Å². The number of nitrogens with zero attached hydrogens (tertiary/aromatic N) is 2. The van der Waals surface area contributed by atoms with Crippen LogP contribution in [-0.4, -0.2) is 24.2 Å². The third-order valence-electron chi connectivity index (χ3n) is 3.88. The number of anilines is 2. The molecule has 0 aliphatic heterocycles. The Bertz CT molecular complexity index is 993. The molecule has 0 aliphatic rings. The first-order chi connectivity index (χ1) is 13.3. The molecule has 3 rings (SSSR count). The van der Waals surface area contributed by atoms with Crippen molar-refractivity contribution < 1.29 is 27.0 Å². The number of alkyl halides is 3. The molecule has 1 heterocycles. The van der Waals surface area contributed by atoms with Crippen LogP contribution in [0.25, 0.3) is 11.3 Å². The van der Waals surface area contributed by atoms with Crippen LogP contribution in [0.1, 0.15) is 5.56 Å². The van der Waals surface area contributed by atoms with Crippen molar-refractivity contribution in [1.29, 1.82) is 0 Å². The van der Waals surface area contributed by atoms with Gasteiger partial charge in [0, 0.05) is 5.56 Å². The second-order valence-corrected chi connectivity index (χ2v) is 5.63. The molecule has 0 aliphatic carbocycles. The second kappa shape index (κ2) is 7.71. The number of methoxy groups -OCH3 is 2. The number of hydrogen-bond acceptors (Lipinski definition) is 5. The van der Waals surface area contributed by atoms with Gasteiger partial charge in [-0.05, 0) is 30.3 Å². The standard InChI is InChI=1S/C19H15F4N3O2/c1-27-15-8-7-11(9-16(15)28-2)17-13(20)10-24-18(26-17)25-14-6-4-3-5-12(14)19(21,22)23/h3-10H,1-2H3,(H,24,25,26). The molecular formula is C19H15F4N3O2. The van der Waals surface area contributed by atoms with Crippen molar-refractivity contribution in [3.05, 3.63) is 60.0 Å². The Labute approximate surface area is 158 Å². The van der Waals surface area contributed by atoms with Crippen molar-refractivity contribution in [2.75, 3.05) is 19.5 Å². The van der Waals surface area contributed by atoms with E-state index in [0.29, 0.717) is 17.1 Å². The van der Waals surface area contributed by atoms with Gasteiger partial charge >= 0.3 is 6.18 Å². The largest absolute Gasteiger partial charge is 0.493 e. The molecule has 9 heteroatoms. The lowest BCUT2D eigenvalue weighted by molar-refractivity contribution is -0.136. The van der Waals surface area contributed by atoms with Crippen LogP contribution in [0, 0.1) is 5.82 Å². The number of rotatable bonds is 5. The highest BCUT2D eigenvalue weighted by molar-refractivity contribution is 5.67. The van der Waals surface area contributed by atoms with E-state index in [1.165, 1.54) is 38.5 Å². The Hall–Kier alpha value is -3.36. The van der Waals surface area contributed by atoms with E-state index >= 15 is 0 Å². The fraction of sp³-hybridized carbons (Fsp3) is 0.158. The van der Waals surface area contributed by atoms with E-state index in [-0.39, 0.29) is 17.3 Å². The Morgan fingerprint density at radius 3 is 2.36 bits per heavy atom. The zero-order valence-corrected chi connectivity index (χ0v) is 14.8. The van der Waals surface area contributed by atoms with Crippen molar-refractivity contribution >= 4 is 11.6 Å². The molecule has 0 atom stereocenters. The average Bonchev–Trinajstić information content (AvgIpc) is 2.68. The first-order valence-electron chi connectivity index (χ1n) is 8.01. The normalized spacial score (nSPS) is 11.2.